The van der Waals surface area contributed by atoms with Crippen LogP contribution in [0.1, 0.15) is 43.6 Å². The minimum absolute atomic E-state index is 0.127. The Balaban J connectivity index is 0.000000367. The molecule has 10 nitrogen and oxygen atoms in total. The zero-order valence-electron chi connectivity index (χ0n) is 23.5. The summed E-state index contributed by atoms with van der Waals surface area (Å²) in [4.78, 5) is 22.8. The molecule has 242 valence electrons. The SMILES string of the molecule is Cc1ccc([C@@H](C)CCN2CCOC[C@@]3(CC[C@H](CN4CCOCC4)O3)C2)o1.O=C(O)C(F)(F)F.O=C(O)C(F)(F)F. The molecule has 3 saturated heterocycles. The van der Waals surface area contributed by atoms with E-state index in [9.17, 15) is 26.3 Å². The van der Waals surface area contributed by atoms with Gasteiger partial charge in [0.1, 0.15) is 17.1 Å². The van der Waals surface area contributed by atoms with Gasteiger partial charge in [0.2, 0.25) is 0 Å². The third kappa shape index (κ3) is 12.5. The molecule has 1 aromatic heterocycles. The number of hydrogen-bond acceptors (Lipinski definition) is 8. The second-order valence-electron chi connectivity index (χ2n) is 10.4. The Morgan fingerprint density at radius 1 is 0.976 bits per heavy atom. The Kier molecular flexibility index (Phi) is 13.5. The molecule has 0 amide bonds. The van der Waals surface area contributed by atoms with Gasteiger partial charge in [-0.15, -0.1) is 0 Å². The van der Waals surface area contributed by atoms with Gasteiger partial charge in [-0.3, -0.25) is 9.80 Å². The van der Waals surface area contributed by atoms with Crippen LogP contribution in [0.5, 0.6) is 0 Å². The van der Waals surface area contributed by atoms with Crippen LogP contribution in [0, 0.1) is 6.92 Å². The average Bonchev–Trinajstić information content (AvgIpc) is 3.45. The number of carboxylic acid groups (broad SMARTS) is 2. The first-order chi connectivity index (χ1) is 19.5. The smallest absolute Gasteiger partial charge is 0.475 e. The molecule has 0 bridgehead atoms. The number of alkyl halides is 6. The Labute approximate surface area is 239 Å². The van der Waals surface area contributed by atoms with Crippen LogP contribution in [0.3, 0.4) is 0 Å². The first kappa shape index (κ1) is 35.8. The van der Waals surface area contributed by atoms with Crippen LogP contribution in [0.2, 0.25) is 0 Å². The van der Waals surface area contributed by atoms with Crippen LogP contribution in [-0.4, -0.2) is 122 Å². The lowest BCUT2D eigenvalue weighted by atomic mass is 9.99. The van der Waals surface area contributed by atoms with Crippen LogP contribution in [0.15, 0.2) is 16.5 Å². The van der Waals surface area contributed by atoms with Gasteiger partial charge in [0.15, 0.2) is 0 Å². The normalized spacial score (nSPS) is 24.6. The van der Waals surface area contributed by atoms with Crippen LogP contribution in [0.25, 0.3) is 0 Å². The number of rotatable bonds is 6. The number of morpholine rings is 1. The lowest BCUT2D eigenvalue weighted by molar-refractivity contribution is -0.193. The summed E-state index contributed by atoms with van der Waals surface area (Å²) in [6.07, 6.45) is -6.51. The number of furan rings is 1. The molecule has 3 fully saturated rings. The van der Waals surface area contributed by atoms with E-state index in [0.29, 0.717) is 12.0 Å². The van der Waals surface area contributed by atoms with E-state index >= 15 is 0 Å². The molecule has 1 aromatic rings. The third-order valence-electron chi connectivity index (χ3n) is 6.94. The highest BCUT2D eigenvalue weighted by atomic mass is 19.4. The molecule has 4 rings (SSSR count). The highest BCUT2D eigenvalue weighted by Crippen LogP contribution is 2.34. The molecule has 3 atom stereocenters. The maximum absolute atomic E-state index is 10.6. The van der Waals surface area contributed by atoms with Crippen molar-refractivity contribution in [3.63, 3.8) is 0 Å². The summed E-state index contributed by atoms with van der Waals surface area (Å²) in [6.45, 7) is 13.6. The van der Waals surface area contributed by atoms with E-state index in [1.807, 2.05) is 6.92 Å². The molecule has 0 saturated carbocycles. The second-order valence-corrected chi connectivity index (χ2v) is 10.4. The van der Waals surface area contributed by atoms with E-state index in [-0.39, 0.29) is 5.60 Å². The van der Waals surface area contributed by atoms with Crippen molar-refractivity contribution in [1.29, 1.82) is 0 Å². The maximum atomic E-state index is 10.6. The maximum Gasteiger partial charge on any atom is 0.490 e. The number of aryl methyl sites for hydroxylation is 1. The molecule has 2 N–H and O–H groups in total. The first-order valence-corrected chi connectivity index (χ1v) is 13.5. The molecular weight excluding hydrogens is 582 g/mol. The van der Waals surface area contributed by atoms with E-state index in [1.165, 1.54) is 0 Å². The van der Waals surface area contributed by atoms with Gasteiger partial charge in [-0.05, 0) is 44.9 Å². The number of carboxylic acids is 2. The Hall–Kier alpha value is -2.40. The summed E-state index contributed by atoms with van der Waals surface area (Å²) in [6, 6.07) is 4.17. The van der Waals surface area contributed by atoms with Gasteiger partial charge < -0.3 is 28.8 Å². The monoisotopic (exact) mass is 620 g/mol. The zero-order chi connectivity index (χ0) is 31.6. The summed E-state index contributed by atoms with van der Waals surface area (Å²) in [5.74, 6) is -2.98. The molecular formula is C26H38F6N2O8. The quantitative estimate of drug-likeness (QED) is 0.453. The second kappa shape index (κ2) is 15.9. The molecule has 16 heteroatoms. The van der Waals surface area contributed by atoms with Crippen molar-refractivity contribution in [2.24, 2.45) is 0 Å². The van der Waals surface area contributed by atoms with Crippen molar-refractivity contribution >= 4 is 11.9 Å². The number of aliphatic carboxylic acids is 2. The van der Waals surface area contributed by atoms with Crippen LogP contribution in [-0.2, 0) is 23.8 Å². The summed E-state index contributed by atoms with van der Waals surface area (Å²) in [7, 11) is 0. The standard InChI is InChI=1S/C22H36N2O4.2C2HF3O2/c1-18(21-4-3-19(2)27-21)6-8-24-11-14-26-17-22(16-24)7-5-20(28-22)15-23-9-12-25-13-10-23;2*3-2(4,5)1(6)7/h3-4,18,20H,5-17H2,1-2H3;2*(H,6,7)/t18-,20+,22+;;/m0../s1. The van der Waals surface area contributed by atoms with E-state index in [2.05, 4.69) is 28.9 Å². The van der Waals surface area contributed by atoms with E-state index in [4.69, 9.17) is 38.4 Å². The van der Waals surface area contributed by atoms with Crippen molar-refractivity contribution < 1.29 is 64.8 Å². The van der Waals surface area contributed by atoms with Crippen LogP contribution in [0.4, 0.5) is 26.3 Å². The predicted molar refractivity (Wildman–Crippen MR) is 135 cm³/mol. The fourth-order valence-corrected chi connectivity index (χ4v) is 4.73. The summed E-state index contributed by atoms with van der Waals surface area (Å²) >= 11 is 0. The molecule has 42 heavy (non-hydrogen) atoms. The Bertz CT molecular complexity index is 959. The van der Waals surface area contributed by atoms with Gasteiger partial charge in [0, 0.05) is 38.6 Å². The molecule has 3 aliphatic heterocycles. The van der Waals surface area contributed by atoms with Crippen LogP contribution < -0.4 is 0 Å². The number of nitrogens with zero attached hydrogens (tertiary/aromatic N) is 2. The first-order valence-electron chi connectivity index (χ1n) is 13.5. The minimum Gasteiger partial charge on any atom is -0.475 e. The topological polar surface area (TPSA) is 122 Å². The number of carbonyl (C=O) groups is 2. The van der Waals surface area contributed by atoms with Gasteiger partial charge in [0.05, 0.1) is 32.5 Å². The zero-order valence-corrected chi connectivity index (χ0v) is 23.5. The van der Waals surface area contributed by atoms with E-state index < -0.39 is 24.3 Å². The molecule has 0 aromatic carbocycles. The highest BCUT2D eigenvalue weighted by molar-refractivity contribution is 5.73. The summed E-state index contributed by atoms with van der Waals surface area (Å²) < 4.78 is 87.4. The third-order valence-corrected chi connectivity index (χ3v) is 6.94. The van der Waals surface area contributed by atoms with Gasteiger partial charge in [0.25, 0.3) is 0 Å². The minimum atomic E-state index is -5.08. The van der Waals surface area contributed by atoms with Crippen molar-refractivity contribution in [3.05, 3.63) is 23.7 Å². The molecule has 0 unspecified atom stereocenters. The highest BCUT2D eigenvalue weighted by Gasteiger charge is 2.43. The van der Waals surface area contributed by atoms with E-state index in [0.717, 1.165) is 96.5 Å². The lowest BCUT2D eigenvalue weighted by Crippen LogP contribution is -2.46. The van der Waals surface area contributed by atoms with Crippen molar-refractivity contribution in [2.45, 2.75) is 63.1 Å². The fourth-order valence-electron chi connectivity index (χ4n) is 4.73. The fraction of sp³-hybridized carbons (Fsp3) is 0.769. The van der Waals surface area contributed by atoms with Crippen molar-refractivity contribution in [2.75, 3.05) is 65.7 Å². The number of halogens is 6. The van der Waals surface area contributed by atoms with Crippen molar-refractivity contribution in [1.82, 2.24) is 9.80 Å². The molecule has 1 spiro atoms. The molecule has 4 heterocycles. The predicted octanol–water partition coefficient (Wildman–Crippen LogP) is 3.93. The lowest BCUT2D eigenvalue weighted by Gasteiger charge is -2.34. The van der Waals surface area contributed by atoms with Crippen LogP contribution >= 0.6 is 0 Å². The molecule has 3 aliphatic rings. The number of hydrogen-bond donors (Lipinski definition) is 2. The average molecular weight is 621 g/mol. The van der Waals surface area contributed by atoms with Gasteiger partial charge in [-0.2, -0.15) is 26.3 Å². The van der Waals surface area contributed by atoms with Crippen molar-refractivity contribution in [3.8, 4) is 0 Å². The summed E-state index contributed by atoms with van der Waals surface area (Å²) in [5, 5.41) is 14.2. The largest absolute Gasteiger partial charge is 0.490 e. The van der Waals surface area contributed by atoms with Gasteiger partial charge >= 0.3 is 24.3 Å². The molecule has 0 aliphatic carbocycles. The van der Waals surface area contributed by atoms with Gasteiger partial charge in [-0.25, -0.2) is 9.59 Å². The Morgan fingerprint density at radius 3 is 2.05 bits per heavy atom. The van der Waals surface area contributed by atoms with E-state index in [1.54, 1.807) is 0 Å². The number of ether oxygens (including phenoxy) is 3. The summed E-state index contributed by atoms with van der Waals surface area (Å²) in [5.41, 5.74) is -0.127. The van der Waals surface area contributed by atoms with Gasteiger partial charge in [-0.1, -0.05) is 6.92 Å². The molecule has 0 radical (unpaired) electrons. The Morgan fingerprint density at radius 2 is 1.52 bits per heavy atom.